The van der Waals surface area contributed by atoms with E-state index in [2.05, 4.69) is 15.9 Å². The summed E-state index contributed by atoms with van der Waals surface area (Å²) in [5.74, 6) is 0. The van der Waals surface area contributed by atoms with Gasteiger partial charge in [-0.1, -0.05) is 12.1 Å². The van der Waals surface area contributed by atoms with Crippen LogP contribution in [0.1, 0.15) is 0 Å². The van der Waals surface area contributed by atoms with Crippen molar-refractivity contribution in [1.29, 1.82) is 0 Å². The normalized spacial score (nSPS) is 10.8. The summed E-state index contributed by atoms with van der Waals surface area (Å²) in [7, 11) is -1.45. The number of hydrogen-bond donors (Lipinski definition) is 3. The number of halogens is 1. The van der Waals surface area contributed by atoms with Crippen molar-refractivity contribution in [2.24, 2.45) is 0 Å². The molecule has 4 N–H and O–H groups in total. The minimum atomic E-state index is -1.45. The SMILES string of the molecule is Nc1c(Br)sc2ccc(B(O)O)cc12. The van der Waals surface area contributed by atoms with E-state index in [0.717, 1.165) is 13.9 Å². The Morgan fingerprint density at radius 2 is 2.07 bits per heavy atom. The van der Waals surface area contributed by atoms with E-state index < -0.39 is 7.12 Å². The average molecular weight is 272 g/mol. The van der Waals surface area contributed by atoms with Crippen molar-refractivity contribution < 1.29 is 10.0 Å². The van der Waals surface area contributed by atoms with Gasteiger partial charge in [0.15, 0.2) is 0 Å². The molecule has 0 unspecified atom stereocenters. The summed E-state index contributed by atoms with van der Waals surface area (Å²) in [5.41, 5.74) is 6.91. The Morgan fingerprint density at radius 3 is 2.71 bits per heavy atom. The van der Waals surface area contributed by atoms with Crippen LogP contribution in [0.5, 0.6) is 0 Å². The van der Waals surface area contributed by atoms with Gasteiger partial charge in [0.25, 0.3) is 0 Å². The highest BCUT2D eigenvalue weighted by atomic mass is 79.9. The second-order valence-corrected chi connectivity index (χ2v) is 5.29. The van der Waals surface area contributed by atoms with E-state index in [-0.39, 0.29) is 0 Å². The van der Waals surface area contributed by atoms with Crippen LogP contribution in [0, 0.1) is 0 Å². The summed E-state index contributed by atoms with van der Waals surface area (Å²) in [6.45, 7) is 0. The molecule has 6 heteroatoms. The fourth-order valence-corrected chi connectivity index (χ4v) is 2.83. The number of anilines is 1. The van der Waals surface area contributed by atoms with Gasteiger partial charge in [-0.15, -0.1) is 11.3 Å². The Hall–Kier alpha value is -0.555. The van der Waals surface area contributed by atoms with Crippen molar-refractivity contribution in [1.82, 2.24) is 0 Å². The first kappa shape index (κ1) is 9.98. The lowest BCUT2D eigenvalue weighted by Gasteiger charge is -1.99. The number of benzene rings is 1. The van der Waals surface area contributed by atoms with Crippen LogP contribution in [0.4, 0.5) is 5.69 Å². The molecule has 0 radical (unpaired) electrons. The highest BCUT2D eigenvalue weighted by Crippen LogP contribution is 2.36. The molecule has 2 rings (SSSR count). The van der Waals surface area contributed by atoms with Crippen LogP contribution in [0.2, 0.25) is 0 Å². The fraction of sp³-hybridized carbons (Fsp3) is 0. The van der Waals surface area contributed by atoms with E-state index in [1.807, 2.05) is 6.07 Å². The maximum Gasteiger partial charge on any atom is 0.488 e. The fourth-order valence-electron chi connectivity index (χ4n) is 1.27. The van der Waals surface area contributed by atoms with Crippen LogP contribution in [-0.2, 0) is 0 Å². The molecule has 1 aromatic carbocycles. The number of thiophene rings is 1. The van der Waals surface area contributed by atoms with Crippen LogP contribution in [0.15, 0.2) is 22.0 Å². The maximum atomic E-state index is 8.99. The Balaban J connectivity index is 2.69. The quantitative estimate of drug-likeness (QED) is 0.676. The van der Waals surface area contributed by atoms with Crippen LogP contribution in [0.25, 0.3) is 10.1 Å². The van der Waals surface area contributed by atoms with Crippen molar-refractivity contribution in [2.75, 3.05) is 5.73 Å². The van der Waals surface area contributed by atoms with E-state index in [4.69, 9.17) is 15.8 Å². The van der Waals surface area contributed by atoms with Crippen molar-refractivity contribution >= 4 is 55.6 Å². The number of nitrogen functional groups attached to an aromatic ring is 1. The second-order valence-electron chi connectivity index (χ2n) is 2.92. The molecule has 3 nitrogen and oxygen atoms in total. The first-order valence-electron chi connectivity index (χ1n) is 3.93. The summed E-state index contributed by atoms with van der Waals surface area (Å²) in [4.78, 5) is 0. The largest absolute Gasteiger partial charge is 0.488 e. The maximum absolute atomic E-state index is 8.99. The van der Waals surface area contributed by atoms with Crippen molar-refractivity contribution in [3.8, 4) is 0 Å². The molecule has 0 spiro atoms. The van der Waals surface area contributed by atoms with Crippen LogP contribution < -0.4 is 11.2 Å². The number of nitrogens with two attached hydrogens (primary N) is 1. The van der Waals surface area contributed by atoms with E-state index in [1.54, 1.807) is 12.1 Å². The Labute approximate surface area is 93.4 Å². The number of rotatable bonds is 1. The van der Waals surface area contributed by atoms with Gasteiger partial charge in [-0.2, -0.15) is 0 Å². The zero-order valence-electron chi connectivity index (χ0n) is 7.07. The zero-order valence-corrected chi connectivity index (χ0v) is 9.47. The molecule has 0 bridgehead atoms. The summed E-state index contributed by atoms with van der Waals surface area (Å²) in [5, 5.41) is 18.8. The van der Waals surface area contributed by atoms with Crippen molar-refractivity contribution in [3.63, 3.8) is 0 Å². The molecule has 0 saturated heterocycles. The van der Waals surface area contributed by atoms with E-state index in [9.17, 15) is 0 Å². The third-order valence-electron chi connectivity index (χ3n) is 2.00. The molecular formula is C8H7BBrNO2S. The predicted octanol–water partition coefficient (Wildman–Crippen LogP) is 0.926. The number of fused-ring (bicyclic) bond motifs is 1. The average Bonchev–Trinajstić information content (AvgIpc) is 2.43. The van der Waals surface area contributed by atoms with Gasteiger partial charge in [0, 0.05) is 10.1 Å². The van der Waals surface area contributed by atoms with Gasteiger partial charge in [0.05, 0.1) is 9.47 Å². The molecular weight excluding hydrogens is 265 g/mol. The summed E-state index contributed by atoms with van der Waals surface area (Å²) < 4.78 is 1.90. The monoisotopic (exact) mass is 271 g/mol. The lowest BCUT2D eigenvalue weighted by molar-refractivity contribution is 0.426. The van der Waals surface area contributed by atoms with Crippen molar-refractivity contribution in [2.45, 2.75) is 0 Å². The van der Waals surface area contributed by atoms with Crippen LogP contribution in [-0.4, -0.2) is 17.2 Å². The Kier molecular flexibility index (Phi) is 2.53. The standard InChI is InChI=1S/C8H7BBrNO2S/c10-8-7(11)5-3-4(9(12)13)1-2-6(5)14-8/h1-3,12-13H,11H2. The number of hydrogen-bond acceptors (Lipinski definition) is 4. The molecule has 0 saturated carbocycles. The Morgan fingerprint density at radius 1 is 1.36 bits per heavy atom. The highest BCUT2D eigenvalue weighted by molar-refractivity contribution is 9.11. The predicted molar refractivity (Wildman–Crippen MR) is 63.8 cm³/mol. The van der Waals surface area contributed by atoms with Gasteiger partial charge in [-0.25, -0.2) is 0 Å². The molecule has 0 fully saturated rings. The van der Waals surface area contributed by atoms with Gasteiger partial charge in [-0.3, -0.25) is 0 Å². The van der Waals surface area contributed by atoms with E-state index in [0.29, 0.717) is 11.2 Å². The van der Waals surface area contributed by atoms with Gasteiger partial charge < -0.3 is 15.8 Å². The van der Waals surface area contributed by atoms with E-state index in [1.165, 1.54) is 11.3 Å². The van der Waals surface area contributed by atoms with Gasteiger partial charge in [0.2, 0.25) is 0 Å². The second kappa shape index (κ2) is 3.54. The van der Waals surface area contributed by atoms with Crippen LogP contribution >= 0.6 is 27.3 Å². The topological polar surface area (TPSA) is 66.5 Å². The third-order valence-corrected chi connectivity index (χ3v) is 3.89. The molecule has 14 heavy (non-hydrogen) atoms. The first-order chi connectivity index (χ1) is 6.59. The molecule has 0 aliphatic heterocycles. The minimum Gasteiger partial charge on any atom is -0.423 e. The lowest BCUT2D eigenvalue weighted by Crippen LogP contribution is -2.29. The molecule has 0 aliphatic rings. The summed E-state index contributed by atoms with van der Waals surface area (Å²) >= 11 is 4.87. The third kappa shape index (κ3) is 1.54. The smallest absolute Gasteiger partial charge is 0.423 e. The van der Waals surface area contributed by atoms with Gasteiger partial charge >= 0.3 is 7.12 Å². The molecule has 2 aromatic rings. The van der Waals surface area contributed by atoms with Gasteiger partial charge in [0.1, 0.15) is 0 Å². The highest BCUT2D eigenvalue weighted by Gasteiger charge is 2.13. The minimum absolute atomic E-state index is 0.453. The first-order valence-corrected chi connectivity index (χ1v) is 5.54. The zero-order chi connectivity index (χ0) is 10.3. The molecule has 1 heterocycles. The van der Waals surface area contributed by atoms with Crippen molar-refractivity contribution in [3.05, 3.63) is 22.0 Å². The molecule has 0 amide bonds. The Bertz CT molecular complexity index is 485. The summed E-state index contributed by atoms with van der Waals surface area (Å²) in [6, 6.07) is 5.20. The van der Waals surface area contributed by atoms with E-state index >= 15 is 0 Å². The molecule has 0 aliphatic carbocycles. The molecule has 0 atom stereocenters. The van der Waals surface area contributed by atoms with Crippen LogP contribution in [0.3, 0.4) is 0 Å². The van der Waals surface area contributed by atoms with Gasteiger partial charge in [-0.05, 0) is 27.5 Å². The lowest BCUT2D eigenvalue weighted by atomic mass is 9.80. The summed E-state index contributed by atoms with van der Waals surface area (Å²) in [6.07, 6.45) is 0. The molecule has 1 aromatic heterocycles. The molecule has 72 valence electrons.